The monoisotopic (exact) mass is 401 g/mol. The predicted octanol–water partition coefficient (Wildman–Crippen LogP) is 4.01. The first-order valence-electron chi connectivity index (χ1n) is 8.85. The number of carbonyl (C=O) groups excluding carboxylic acids is 1. The maximum Gasteiger partial charge on any atom is 0.254 e. The minimum atomic E-state index is -0.268. The van der Waals surface area contributed by atoms with Crippen LogP contribution in [0.2, 0.25) is 5.02 Å². The normalized spacial score (nSPS) is 10.8. The molecule has 2 aromatic carbocycles. The van der Waals surface area contributed by atoms with E-state index in [4.69, 9.17) is 16.3 Å². The summed E-state index contributed by atoms with van der Waals surface area (Å²) in [5.74, 6) is 0.256. The molecular weight excluding hydrogens is 381 g/mol. The third-order valence-electron chi connectivity index (χ3n) is 4.38. The molecule has 0 saturated heterocycles. The largest absolute Gasteiger partial charge is 0.383 e. The van der Waals surface area contributed by atoms with Gasteiger partial charge in [-0.2, -0.15) is 0 Å². The van der Waals surface area contributed by atoms with E-state index in [1.54, 1.807) is 66.9 Å². The van der Waals surface area contributed by atoms with E-state index in [0.29, 0.717) is 41.7 Å². The van der Waals surface area contributed by atoms with Gasteiger partial charge in [0.1, 0.15) is 11.6 Å². The molecule has 0 fully saturated rings. The van der Waals surface area contributed by atoms with Crippen LogP contribution in [0.3, 0.4) is 0 Å². The number of methoxy groups -OCH3 is 1. The smallest absolute Gasteiger partial charge is 0.254 e. The number of halogens is 2. The van der Waals surface area contributed by atoms with Gasteiger partial charge in [-0.05, 0) is 30.3 Å². The van der Waals surface area contributed by atoms with Crippen molar-refractivity contribution in [2.45, 2.75) is 13.1 Å². The zero-order valence-electron chi connectivity index (χ0n) is 15.5. The Balaban J connectivity index is 1.80. The number of hydrogen-bond donors (Lipinski definition) is 0. The summed E-state index contributed by atoms with van der Waals surface area (Å²) in [6.45, 7) is 1.43. The van der Waals surface area contributed by atoms with Gasteiger partial charge in [0.2, 0.25) is 0 Å². The Morgan fingerprint density at radius 1 is 1.21 bits per heavy atom. The van der Waals surface area contributed by atoms with Crippen LogP contribution < -0.4 is 0 Å². The zero-order chi connectivity index (χ0) is 19.9. The number of carbonyl (C=O) groups is 1. The lowest BCUT2D eigenvalue weighted by atomic mass is 10.2. The third kappa shape index (κ3) is 4.97. The molecule has 146 valence electrons. The molecule has 0 radical (unpaired) electrons. The van der Waals surface area contributed by atoms with Crippen LogP contribution in [0.4, 0.5) is 4.39 Å². The molecule has 28 heavy (non-hydrogen) atoms. The average molecular weight is 402 g/mol. The minimum absolute atomic E-state index is 0.144. The molecule has 7 heteroatoms. The van der Waals surface area contributed by atoms with Crippen LogP contribution in [0.25, 0.3) is 0 Å². The first kappa shape index (κ1) is 20.0. The highest BCUT2D eigenvalue weighted by molar-refractivity contribution is 6.30. The molecule has 1 amide bonds. The highest BCUT2D eigenvalue weighted by Crippen LogP contribution is 2.15. The molecule has 0 saturated carbocycles. The average Bonchev–Trinajstić information content (AvgIpc) is 3.13. The lowest BCUT2D eigenvalue weighted by Gasteiger charge is -2.23. The summed E-state index contributed by atoms with van der Waals surface area (Å²) in [5, 5.41) is 0.570. The zero-order valence-corrected chi connectivity index (χ0v) is 16.3. The first-order valence-corrected chi connectivity index (χ1v) is 9.23. The summed E-state index contributed by atoms with van der Waals surface area (Å²) in [7, 11) is 1.59. The molecule has 3 aromatic rings. The van der Waals surface area contributed by atoms with E-state index in [1.807, 2.05) is 4.57 Å². The second kappa shape index (κ2) is 9.48. The number of benzene rings is 2. The second-order valence-electron chi connectivity index (χ2n) is 6.29. The van der Waals surface area contributed by atoms with Crippen molar-refractivity contribution in [3.63, 3.8) is 0 Å². The molecule has 1 heterocycles. The topological polar surface area (TPSA) is 47.4 Å². The van der Waals surface area contributed by atoms with Gasteiger partial charge in [-0.15, -0.1) is 0 Å². The number of nitrogens with zero attached hydrogens (tertiary/aromatic N) is 3. The Kier molecular flexibility index (Phi) is 6.79. The number of amides is 1. The highest BCUT2D eigenvalue weighted by atomic mass is 35.5. The van der Waals surface area contributed by atoms with Gasteiger partial charge >= 0.3 is 0 Å². The van der Waals surface area contributed by atoms with Gasteiger partial charge in [-0.3, -0.25) is 4.79 Å². The molecule has 0 aliphatic heterocycles. The lowest BCUT2D eigenvalue weighted by molar-refractivity contribution is 0.0673. The van der Waals surface area contributed by atoms with Gasteiger partial charge in [0.05, 0.1) is 19.7 Å². The van der Waals surface area contributed by atoms with Gasteiger partial charge in [0.25, 0.3) is 5.91 Å². The Hall–Kier alpha value is -2.70. The van der Waals surface area contributed by atoms with Crippen LogP contribution in [0.1, 0.15) is 21.7 Å². The summed E-state index contributed by atoms with van der Waals surface area (Å²) < 4.78 is 21.0. The molecule has 5 nitrogen and oxygen atoms in total. The van der Waals surface area contributed by atoms with Gasteiger partial charge < -0.3 is 14.2 Å². The molecule has 0 unspecified atom stereocenters. The summed E-state index contributed by atoms with van der Waals surface area (Å²) >= 11 is 5.92. The fourth-order valence-corrected chi connectivity index (χ4v) is 2.97. The first-order chi connectivity index (χ1) is 13.6. The fraction of sp³-hybridized carbons (Fsp3) is 0.238. The maximum atomic E-state index is 14.0. The molecule has 0 N–H and O–H groups in total. The van der Waals surface area contributed by atoms with E-state index in [-0.39, 0.29) is 18.3 Å². The Bertz CT molecular complexity index is 927. The van der Waals surface area contributed by atoms with E-state index in [2.05, 4.69) is 4.98 Å². The molecule has 0 bridgehead atoms. The predicted molar refractivity (Wildman–Crippen MR) is 106 cm³/mol. The Morgan fingerprint density at radius 2 is 1.96 bits per heavy atom. The molecular formula is C21H21ClFN3O2. The van der Waals surface area contributed by atoms with Crippen molar-refractivity contribution in [1.82, 2.24) is 14.5 Å². The van der Waals surface area contributed by atoms with Crippen molar-refractivity contribution in [3.8, 4) is 0 Å². The van der Waals surface area contributed by atoms with Crippen molar-refractivity contribution in [3.05, 3.63) is 88.7 Å². The van der Waals surface area contributed by atoms with Gasteiger partial charge in [0.15, 0.2) is 0 Å². The minimum Gasteiger partial charge on any atom is -0.383 e. The quantitative estimate of drug-likeness (QED) is 0.573. The molecule has 3 rings (SSSR count). The number of ether oxygens (including phenoxy) is 1. The summed E-state index contributed by atoms with van der Waals surface area (Å²) in [6.07, 6.45) is 3.43. The Morgan fingerprint density at radius 3 is 2.68 bits per heavy atom. The van der Waals surface area contributed by atoms with E-state index in [9.17, 15) is 9.18 Å². The van der Waals surface area contributed by atoms with E-state index >= 15 is 0 Å². The van der Waals surface area contributed by atoms with Gasteiger partial charge in [-0.1, -0.05) is 29.8 Å². The standard InChI is InChI=1S/C21H21ClFN3O2/c1-28-13-12-26(21(27)16-6-8-18(22)9-7-16)15-20-24-10-11-25(20)14-17-4-2-3-5-19(17)23/h2-11H,12-15H2,1H3. The van der Waals surface area contributed by atoms with Gasteiger partial charge in [-0.25, -0.2) is 9.37 Å². The van der Waals surface area contributed by atoms with Crippen molar-refractivity contribution < 1.29 is 13.9 Å². The number of hydrogen-bond acceptors (Lipinski definition) is 3. The number of aromatic nitrogens is 2. The van der Waals surface area contributed by atoms with Crippen LogP contribution in [-0.4, -0.2) is 40.6 Å². The van der Waals surface area contributed by atoms with Crippen molar-refractivity contribution in [2.24, 2.45) is 0 Å². The second-order valence-corrected chi connectivity index (χ2v) is 6.73. The van der Waals surface area contributed by atoms with Crippen molar-refractivity contribution >= 4 is 17.5 Å². The van der Waals surface area contributed by atoms with Crippen molar-refractivity contribution in [2.75, 3.05) is 20.3 Å². The van der Waals surface area contributed by atoms with E-state index in [0.717, 1.165) is 0 Å². The third-order valence-corrected chi connectivity index (χ3v) is 4.63. The van der Waals surface area contributed by atoms with Crippen molar-refractivity contribution in [1.29, 1.82) is 0 Å². The molecule has 0 aliphatic carbocycles. The molecule has 0 atom stereocenters. The van der Waals surface area contributed by atoms with Crippen LogP contribution in [0, 0.1) is 5.82 Å². The molecule has 1 aromatic heterocycles. The molecule has 0 spiro atoms. The van der Waals surface area contributed by atoms with E-state index < -0.39 is 0 Å². The maximum absolute atomic E-state index is 14.0. The SMILES string of the molecule is COCCN(Cc1nccn1Cc1ccccc1F)C(=O)c1ccc(Cl)cc1. The summed E-state index contributed by atoms with van der Waals surface area (Å²) in [5.41, 5.74) is 1.10. The van der Waals surface area contributed by atoms with Gasteiger partial charge in [0, 0.05) is 42.2 Å². The van der Waals surface area contributed by atoms with Crippen LogP contribution in [0.5, 0.6) is 0 Å². The summed E-state index contributed by atoms with van der Waals surface area (Å²) in [6, 6.07) is 13.4. The molecule has 0 aliphatic rings. The fourth-order valence-electron chi connectivity index (χ4n) is 2.85. The van der Waals surface area contributed by atoms with Crippen LogP contribution >= 0.6 is 11.6 Å². The summed E-state index contributed by atoms with van der Waals surface area (Å²) in [4.78, 5) is 19.0. The van der Waals surface area contributed by atoms with Crippen LogP contribution in [0.15, 0.2) is 60.9 Å². The lowest BCUT2D eigenvalue weighted by Crippen LogP contribution is -2.34. The Labute approximate surface area is 168 Å². The highest BCUT2D eigenvalue weighted by Gasteiger charge is 2.18. The van der Waals surface area contributed by atoms with Crippen LogP contribution in [-0.2, 0) is 17.8 Å². The number of imidazole rings is 1. The van der Waals surface area contributed by atoms with E-state index in [1.165, 1.54) is 6.07 Å². The number of rotatable bonds is 8.